The molecule has 0 atom stereocenters. The molecule has 0 aliphatic carbocycles. The van der Waals surface area contributed by atoms with Crippen LogP contribution in [-0.2, 0) is 16.4 Å². The van der Waals surface area contributed by atoms with E-state index < -0.39 is 9.84 Å². The summed E-state index contributed by atoms with van der Waals surface area (Å²) in [6.45, 7) is 0.406. The molecule has 0 aliphatic rings. The Hall–Kier alpha value is -2.61. The van der Waals surface area contributed by atoms with Gasteiger partial charge in [0.25, 0.3) is 0 Å². The van der Waals surface area contributed by atoms with Gasteiger partial charge in [-0.15, -0.1) is 11.3 Å². The molecule has 28 heavy (non-hydrogen) atoms. The van der Waals surface area contributed by atoms with Crippen LogP contribution in [0, 0.1) is 0 Å². The van der Waals surface area contributed by atoms with Crippen LogP contribution in [0.2, 0.25) is 5.02 Å². The number of nitrogens with one attached hydrogen (secondary N) is 1. The largest absolute Gasteiger partial charge is 0.418 e. The summed E-state index contributed by atoms with van der Waals surface area (Å²) in [6, 6.07) is 19.3. The second-order valence-corrected chi connectivity index (χ2v) is 9.18. The van der Waals surface area contributed by atoms with Crippen LogP contribution < -0.4 is 5.32 Å². The lowest BCUT2D eigenvalue weighted by Crippen LogP contribution is -2.07. The zero-order valence-corrected chi connectivity index (χ0v) is 16.9. The number of aromatic nitrogens is 1. The lowest BCUT2D eigenvalue weighted by atomic mass is 10.2. The van der Waals surface area contributed by atoms with Crippen molar-refractivity contribution in [2.75, 3.05) is 5.32 Å². The van der Waals surface area contributed by atoms with E-state index in [-0.39, 0.29) is 21.7 Å². The van der Waals surface area contributed by atoms with E-state index in [2.05, 4.69) is 10.3 Å². The molecular weight excluding hydrogens is 416 g/mol. The quantitative estimate of drug-likeness (QED) is 0.437. The Morgan fingerprint density at radius 2 is 1.75 bits per heavy atom. The van der Waals surface area contributed by atoms with Crippen LogP contribution in [0.1, 0.15) is 5.56 Å². The molecule has 0 saturated heterocycles. The fourth-order valence-corrected chi connectivity index (χ4v) is 4.66. The second-order valence-electron chi connectivity index (χ2n) is 5.93. The van der Waals surface area contributed by atoms with Crippen molar-refractivity contribution in [3.63, 3.8) is 0 Å². The molecule has 0 amide bonds. The van der Waals surface area contributed by atoms with Crippen molar-refractivity contribution in [1.82, 2.24) is 4.98 Å². The van der Waals surface area contributed by atoms with E-state index in [9.17, 15) is 8.42 Å². The highest BCUT2D eigenvalue weighted by Crippen LogP contribution is 2.34. The molecule has 0 bridgehead atoms. The summed E-state index contributed by atoms with van der Waals surface area (Å²) in [4.78, 5) is 5.15. The number of benzene rings is 2. The predicted octanol–water partition coefficient (Wildman–Crippen LogP) is 5.50. The van der Waals surface area contributed by atoms with Gasteiger partial charge in [0.05, 0.1) is 9.77 Å². The molecule has 142 valence electrons. The smallest absolute Gasteiger partial charge is 0.240 e. The summed E-state index contributed by atoms with van der Waals surface area (Å²) < 4.78 is 32.1. The molecule has 1 N–H and O–H groups in total. The van der Waals surface area contributed by atoms with Crippen LogP contribution in [0.5, 0.6) is 0 Å². The number of halogens is 1. The van der Waals surface area contributed by atoms with E-state index >= 15 is 0 Å². The zero-order valence-electron chi connectivity index (χ0n) is 14.5. The van der Waals surface area contributed by atoms with Crippen LogP contribution in [0.15, 0.2) is 86.4 Å². The molecule has 2 aromatic heterocycles. The number of hydrogen-bond donors (Lipinski definition) is 1. The maximum absolute atomic E-state index is 13.2. The van der Waals surface area contributed by atoms with Crippen LogP contribution in [0.4, 0.5) is 5.88 Å². The topological polar surface area (TPSA) is 72.2 Å². The maximum atomic E-state index is 13.2. The van der Waals surface area contributed by atoms with E-state index in [0.29, 0.717) is 11.6 Å². The SMILES string of the molecule is O=S(=O)(c1ccc(Cl)cc1)c1nc(-c2cccs2)oc1NCc1ccccc1. The average Bonchev–Trinajstić information content (AvgIpc) is 3.37. The fourth-order valence-electron chi connectivity index (χ4n) is 2.61. The van der Waals surface area contributed by atoms with Gasteiger partial charge < -0.3 is 9.73 Å². The predicted molar refractivity (Wildman–Crippen MR) is 110 cm³/mol. The van der Waals surface area contributed by atoms with Gasteiger partial charge in [-0.25, -0.2) is 8.42 Å². The highest BCUT2D eigenvalue weighted by atomic mass is 35.5. The van der Waals surface area contributed by atoms with Crippen molar-refractivity contribution < 1.29 is 12.8 Å². The summed E-state index contributed by atoms with van der Waals surface area (Å²) in [5.74, 6) is 0.375. The second kappa shape index (κ2) is 7.79. The molecule has 5 nitrogen and oxygen atoms in total. The molecule has 0 saturated carbocycles. The van der Waals surface area contributed by atoms with Gasteiger partial charge in [0.15, 0.2) is 0 Å². The summed E-state index contributed by atoms with van der Waals surface area (Å²) in [6.07, 6.45) is 0. The van der Waals surface area contributed by atoms with Gasteiger partial charge in [-0.05, 0) is 41.3 Å². The summed E-state index contributed by atoms with van der Waals surface area (Å²) in [5, 5.41) is 5.26. The summed E-state index contributed by atoms with van der Waals surface area (Å²) in [7, 11) is -3.88. The third kappa shape index (κ3) is 3.82. The minimum Gasteiger partial charge on any atom is -0.418 e. The molecule has 0 fully saturated rings. The van der Waals surface area contributed by atoms with E-state index in [1.54, 1.807) is 0 Å². The van der Waals surface area contributed by atoms with Crippen molar-refractivity contribution in [1.29, 1.82) is 0 Å². The zero-order chi connectivity index (χ0) is 19.6. The number of anilines is 1. The Balaban J connectivity index is 1.74. The molecule has 0 radical (unpaired) electrons. The molecule has 8 heteroatoms. The number of nitrogens with zero attached hydrogens (tertiary/aromatic N) is 1. The van der Waals surface area contributed by atoms with E-state index in [4.69, 9.17) is 16.0 Å². The molecule has 2 aromatic carbocycles. The first-order chi connectivity index (χ1) is 13.5. The van der Waals surface area contributed by atoms with Gasteiger partial charge >= 0.3 is 0 Å². The van der Waals surface area contributed by atoms with Crippen molar-refractivity contribution >= 4 is 38.7 Å². The molecule has 2 heterocycles. The van der Waals surface area contributed by atoms with Crippen LogP contribution in [-0.4, -0.2) is 13.4 Å². The lowest BCUT2D eigenvalue weighted by molar-refractivity contribution is 0.577. The number of hydrogen-bond acceptors (Lipinski definition) is 6. The first-order valence-corrected chi connectivity index (χ1v) is 11.1. The van der Waals surface area contributed by atoms with Crippen LogP contribution >= 0.6 is 22.9 Å². The summed E-state index contributed by atoms with van der Waals surface area (Å²) in [5.41, 5.74) is 0.992. The van der Waals surface area contributed by atoms with Gasteiger partial charge in [-0.2, -0.15) is 4.98 Å². The Bertz CT molecular complexity index is 1170. The highest BCUT2D eigenvalue weighted by Gasteiger charge is 2.28. The van der Waals surface area contributed by atoms with Crippen LogP contribution in [0.3, 0.4) is 0 Å². The summed E-state index contributed by atoms with van der Waals surface area (Å²) >= 11 is 7.31. The molecule has 0 spiro atoms. The Morgan fingerprint density at radius 1 is 1.00 bits per heavy atom. The van der Waals surface area contributed by atoms with Gasteiger partial charge in [0, 0.05) is 11.6 Å². The van der Waals surface area contributed by atoms with Crippen LogP contribution in [0.25, 0.3) is 10.8 Å². The van der Waals surface area contributed by atoms with Gasteiger partial charge in [-0.1, -0.05) is 48.0 Å². The first-order valence-electron chi connectivity index (χ1n) is 8.37. The number of rotatable bonds is 6. The molecule has 4 aromatic rings. The fraction of sp³-hybridized carbons (Fsp3) is 0.0500. The highest BCUT2D eigenvalue weighted by molar-refractivity contribution is 7.91. The van der Waals surface area contributed by atoms with Crippen molar-refractivity contribution in [2.24, 2.45) is 0 Å². The van der Waals surface area contributed by atoms with Gasteiger partial charge in [0.2, 0.25) is 26.6 Å². The monoisotopic (exact) mass is 430 g/mol. The molecular formula is C20H15ClN2O3S2. The van der Waals surface area contributed by atoms with Crippen molar-refractivity contribution in [2.45, 2.75) is 16.5 Å². The maximum Gasteiger partial charge on any atom is 0.240 e. The van der Waals surface area contributed by atoms with E-state index in [1.165, 1.54) is 35.6 Å². The molecule has 4 rings (SSSR count). The first kappa shape index (κ1) is 18.7. The number of oxazole rings is 1. The third-order valence-corrected chi connectivity index (χ3v) is 6.79. The third-order valence-electron chi connectivity index (χ3n) is 4.00. The number of sulfone groups is 1. The lowest BCUT2D eigenvalue weighted by Gasteiger charge is -2.06. The van der Waals surface area contributed by atoms with Gasteiger partial charge in [-0.3, -0.25) is 0 Å². The minimum atomic E-state index is -3.88. The standard InChI is InChI=1S/C20H15ClN2O3S2/c21-15-8-10-16(11-9-15)28(24,25)20-19(22-13-14-5-2-1-3-6-14)26-18(23-20)17-7-4-12-27-17/h1-12,22H,13H2. The molecule has 0 aliphatic heterocycles. The number of thiophene rings is 1. The Labute approximate surface area is 171 Å². The normalized spacial score (nSPS) is 11.5. The van der Waals surface area contributed by atoms with E-state index in [0.717, 1.165) is 10.4 Å². The van der Waals surface area contributed by atoms with Gasteiger partial charge in [0.1, 0.15) is 0 Å². The van der Waals surface area contributed by atoms with Crippen molar-refractivity contribution in [3.8, 4) is 10.8 Å². The average molecular weight is 431 g/mol. The van der Waals surface area contributed by atoms with E-state index in [1.807, 2.05) is 47.8 Å². The van der Waals surface area contributed by atoms with Crippen molar-refractivity contribution in [3.05, 3.63) is 82.7 Å². The Morgan fingerprint density at radius 3 is 2.43 bits per heavy atom. The molecule has 0 unspecified atom stereocenters. The minimum absolute atomic E-state index is 0.102. The Kier molecular flexibility index (Phi) is 5.21.